The zero-order valence-corrected chi connectivity index (χ0v) is 17.3. The molecule has 4 aliphatic rings. The molecule has 6 nitrogen and oxygen atoms in total. The predicted molar refractivity (Wildman–Crippen MR) is 105 cm³/mol. The first-order valence-electron chi connectivity index (χ1n) is 10.5. The quantitative estimate of drug-likeness (QED) is 0.702. The monoisotopic (exact) mass is 402 g/mol. The summed E-state index contributed by atoms with van der Waals surface area (Å²) in [6.45, 7) is 4.80. The van der Waals surface area contributed by atoms with Crippen LogP contribution >= 0.6 is 0 Å². The average molecular weight is 402 g/mol. The van der Waals surface area contributed by atoms with Gasteiger partial charge in [-0.05, 0) is 56.1 Å². The van der Waals surface area contributed by atoms with Gasteiger partial charge in [0, 0.05) is 23.7 Å². The van der Waals surface area contributed by atoms with Crippen LogP contribution in [0.4, 0.5) is 0 Å². The number of fused-ring (bicyclic) bond motifs is 5. The van der Waals surface area contributed by atoms with E-state index in [1.54, 1.807) is 12.2 Å². The van der Waals surface area contributed by atoms with Crippen molar-refractivity contribution in [3.8, 4) is 0 Å². The van der Waals surface area contributed by atoms with Crippen LogP contribution in [-0.2, 0) is 19.1 Å². The van der Waals surface area contributed by atoms with Crippen molar-refractivity contribution in [2.75, 3.05) is 6.61 Å². The molecular weight excluding hydrogens is 372 g/mol. The molecule has 3 fully saturated rings. The van der Waals surface area contributed by atoms with Gasteiger partial charge in [0.15, 0.2) is 12.4 Å². The molecule has 0 saturated heterocycles. The number of allylic oxidation sites excluding steroid dienone is 4. The highest BCUT2D eigenvalue weighted by molar-refractivity contribution is 6.01. The molecule has 4 rings (SSSR count). The number of ketones is 2. The third kappa shape index (κ3) is 2.79. The second-order valence-electron chi connectivity index (χ2n) is 9.81. The highest BCUT2D eigenvalue weighted by Crippen LogP contribution is 2.67. The maximum Gasteiger partial charge on any atom is 0.303 e. The van der Waals surface area contributed by atoms with Crippen LogP contribution in [-0.4, -0.2) is 46.1 Å². The van der Waals surface area contributed by atoms with Gasteiger partial charge in [0.2, 0.25) is 5.78 Å². The minimum absolute atomic E-state index is 0.00243. The van der Waals surface area contributed by atoms with Crippen molar-refractivity contribution in [2.24, 2.45) is 28.6 Å². The molecule has 4 aliphatic carbocycles. The Bertz CT molecular complexity index is 827. The minimum atomic E-state index is -1.60. The van der Waals surface area contributed by atoms with E-state index in [1.807, 2.05) is 13.0 Å². The van der Waals surface area contributed by atoms with Crippen molar-refractivity contribution >= 4 is 17.5 Å². The molecular formula is C23H30O6. The van der Waals surface area contributed by atoms with Crippen molar-refractivity contribution < 1.29 is 29.3 Å². The van der Waals surface area contributed by atoms with Crippen molar-refractivity contribution in [1.82, 2.24) is 0 Å². The molecule has 7 atom stereocenters. The van der Waals surface area contributed by atoms with Crippen LogP contribution in [0.25, 0.3) is 0 Å². The lowest BCUT2D eigenvalue weighted by Crippen LogP contribution is -2.61. The maximum atomic E-state index is 12.9. The normalized spacial score (nSPS) is 45.7. The van der Waals surface area contributed by atoms with Gasteiger partial charge in [-0.3, -0.25) is 14.4 Å². The van der Waals surface area contributed by atoms with Crippen LogP contribution in [0.15, 0.2) is 23.8 Å². The lowest BCUT2D eigenvalue weighted by atomic mass is 9.46. The molecule has 0 amide bonds. The van der Waals surface area contributed by atoms with E-state index in [4.69, 9.17) is 4.74 Å². The number of hydrogen-bond donors (Lipinski definition) is 2. The number of rotatable bonds is 3. The van der Waals surface area contributed by atoms with Crippen molar-refractivity contribution in [1.29, 1.82) is 0 Å². The highest BCUT2D eigenvalue weighted by atomic mass is 16.5. The lowest BCUT2D eigenvalue weighted by molar-refractivity contribution is -0.181. The van der Waals surface area contributed by atoms with E-state index in [-0.39, 0.29) is 29.0 Å². The zero-order chi connectivity index (χ0) is 21.2. The molecule has 0 bridgehead atoms. The summed E-state index contributed by atoms with van der Waals surface area (Å²) >= 11 is 0. The van der Waals surface area contributed by atoms with Gasteiger partial charge in [0.25, 0.3) is 0 Å². The van der Waals surface area contributed by atoms with Crippen LogP contribution in [0, 0.1) is 28.6 Å². The average Bonchev–Trinajstić information content (AvgIpc) is 2.91. The van der Waals surface area contributed by atoms with Crippen LogP contribution in [0.3, 0.4) is 0 Å². The molecule has 158 valence electrons. The Morgan fingerprint density at radius 2 is 2.00 bits per heavy atom. The second-order valence-corrected chi connectivity index (χ2v) is 9.81. The highest BCUT2D eigenvalue weighted by Gasteiger charge is 2.68. The van der Waals surface area contributed by atoms with E-state index >= 15 is 0 Å². The van der Waals surface area contributed by atoms with Crippen molar-refractivity contribution in [2.45, 2.75) is 64.6 Å². The molecule has 0 aromatic rings. The molecule has 0 spiro atoms. The van der Waals surface area contributed by atoms with Crippen LogP contribution in [0.2, 0.25) is 0 Å². The summed E-state index contributed by atoms with van der Waals surface area (Å²) in [7, 11) is 0. The summed E-state index contributed by atoms with van der Waals surface area (Å²) in [5.74, 6) is -0.836. The number of ether oxygens (including phenoxy) is 1. The van der Waals surface area contributed by atoms with Gasteiger partial charge in [0.05, 0.1) is 6.10 Å². The van der Waals surface area contributed by atoms with E-state index in [0.29, 0.717) is 19.3 Å². The summed E-state index contributed by atoms with van der Waals surface area (Å²) < 4.78 is 4.88. The van der Waals surface area contributed by atoms with Gasteiger partial charge >= 0.3 is 5.97 Å². The van der Waals surface area contributed by atoms with Gasteiger partial charge < -0.3 is 14.9 Å². The molecule has 0 aromatic heterocycles. The Labute approximate surface area is 171 Å². The third-order valence-electron chi connectivity index (χ3n) is 8.52. The molecule has 6 heteroatoms. The van der Waals surface area contributed by atoms with E-state index in [9.17, 15) is 24.6 Å². The van der Waals surface area contributed by atoms with Gasteiger partial charge in [-0.25, -0.2) is 0 Å². The summed E-state index contributed by atoms with van der Waals surface area (Å²) in [6.07, 6.45) is 7.50. The number of aliphatic hydroxyl groups excluding tert-OH is 1. The summed E-state index contributed by atoms with van der Waals surface area (Å²) in [4.78, 5) is 35.9. The van der Waals surface area contributed by atoms with Gasteiger partial charge in [-0.15, -0.1) is 0 Å². The molecule has 0 aromatic carbocycles. The molecule has 0 radical (unpaired) electrons. The van der Waals surface area contributed by atoms with Gasteiger partial charge in [-0.1, -0.05) is 25.5 Å². The second kappa shape index (κ2) is 6.61. The number of esters is 1. The molecule has 2 N–H and O–H groups in total. The fourth-order valence-electron chi connectivity index (χ4n) is 7.08. The number of carbonyl (C=O) groups excluding carboxylic acids is 3. The first-order valence-corrected chi connectivity index (χ1v) is 10.5. The van der Waals surface area contributed by atoms with E-state index in [0.717, 1.165) is 18.4 Å². The van der Waals surface area contributed by atoms with Crippen molar-refractivity contribution in [3.63, 3.8) is 0 Å². The summed E-state index contributed by atoms with van der Waals surface area (Å²) in [5.41, 5.74) is -1.67. The Morgan fingerprint density at radius 3 is 2.69 bits per heavy atom. The molecule has 29 heavy (non-hydrogen) atoms. The Morgan fingerprint density at radius 1 is 1.28 bits per heavy atom. The predicted octanol–water partition coefficient (Wildman–Crippen LogP) is 2.13. The fourth-order valence-corrected chi connectivity index (χ4v) is 7.08. The largest absolute Gasteiger partial charge is 0.458 e. The van der Waals surface area contributed by atoms with Gasteiger partial charge in [-0.2, -0.15) is 0 Å². The summed E-state index contributed by atoms with van der Waals surface area (Å²) in [6, 6.07) is 0. The topological polar surface area (TPSA) is 101 Å². The number of Topliss-reactive ketones (excluding diaryl/α,β-unsaturated/α-hetero) is 1. The standard InChI is InChI=1S/C23H30O6/c1-13(24)29-12-19(27)23(28)9-7-17-16-5-4-14-10-15(25)6-8-21(14,2)20(16)18(26)11-22(17,23)3/h6,8,10,16-18,20,26,28H,4-5,7,9,11-12H2,1-3H3/t16?,17?,18?,20?,21-,22-,23+/m0/s1. The Kier molecular flexibility index (Phi) is 4.67. The number of carbonyl (C=O) groups is 3. The first-order chi connectivity index (χ1) is 13.5. The number of hydrogen-bond acceptors (Lipinski definition) is 6. The van der Waals surface area contributed by atoms with Crippen LogP contribution in [0.5, 0.6) is 0 Å². The van der Waals surface area contributed by atoms with E-state index in [2.05, 4.69) is 6.92 Å². The van der Waals surface area contributed by atoms with E-state index < -0.39 is 35.5 Å². The molecule has 4 unspecified atom stereocenters. The molecule has 3 saturated carbocycles. The molecule has 0 heterocycles. The third-order valence-corrected chi connectivity index (χ3v) is 8.52. The van der Waals surface area contributed by atoms with E-state index in [1.165, 1.54) is 6.92 Å². The van der Waals surface area contributed by atoms with Gasteiger partial charge in [0.1, 0.15) is 5.60 Å². The maximum absolute atomic E-state index is 12.9. The Balaban J connectivity index is 1.66. The molecule has 0 aliphatic heterocycles. The lowest BCUT2D eigenvalue weighted by Gasteiger charge is -2.59. The fraction of sp³-hybridized carbons (Fsp3) is 0.696. The zero-order valence-electron chi connectivity index (χ0n) is 17.3. The first kappa shape index (κ1) is 20.5. The number of aliphatic hydroxyl groups is 2. The SMILES string of the molecule is CC(=O)OCC(=O)[C@]1(O)CCC2C3CCC4=CC(=O)C=C[C@]4(C)C3C(O)C[C@@]21C. The van der Waals surface area contributed by atoms with Crippen LogP contribution in [0.1, 0.15) is 52.9 Å². The summed E-state index contributed by atoms with van der Waals surface area (Å²) in [5, 5.41) is 22.7. The van der Waals surface area contributed by atoms with Crippen molar-refractivity contribution in [3.05, 3.63) is 23.8 Å². The minimum Gasteiger partial charge on any atom is -0.458 e. The Hall–Kier alpha value is -1.79. The van der Waals surface area contributed by atoms with Crippen LogP contribution < -0.4 is 0 Å². The smallest absolute Gasteiger partial charge is 0.303 e.